The summed E-state index contributed by atoms with van der Waals surface area (Å²) in [5, 5.41) is 0. The quantitative estimate of drug-likeness (QED) is 0.478. The molecule has 2 aliphatic rings. The first-order valence-electron chi connectivity index (χ1n) is 5.03. The zero-order valence-corrected chi connectivity index (χ0v) is 8.99. The van der Waals surface area contributed by atoms with Gasteiger partial charge in [0.25, 0.3) is 0 Å². The van der Waals surface area contributed by atoms with Crippen LogP contribution in [0.1, 0.15) is 47.5 Å². The first-order chi connectivity index (χ1) is 5.33. The predicted molar refractivity (Wildman–Crippen MR) is 53.0 cm³/mol. The monoisotopic (exact) mass is 164 g/mol. The summed E-state index contributed by atoms with van der Waals surface area (Å²) in [7, 11) is 0. The van der Waals surface area contributed by atoms with E-state index in [1.807, 2.05) is 0 Å². The highest BCUT2D eigenvalue weighted by Gasteiger charge is 2.61. The largest absolute Gasteiger partial charge is 0.0785 e. The van der Waals surface area contributed by atoms with Crippen molar-refractivity contribution in [2.45, 2.75) is 47.5 Å². The molecular formula is C12H20. The normalized spacial score (nSPS) is 49.6. The molecule has 0 aromatic heterocycles. The van der Waals surface area contributed by atoms with E-state index in [1.54, 1.807) is 5.57 Å². The van der Waals surface area contributed by atoms with Crippen LogP contribution in [-0.4, -0.2) is 0 Å². The summed E-state index contributed by atoms with van der Waals surface area (Å²) >= 11 is 0. The van der Waals surface area contributed by atoms with Crippen LogP contribution in [-0.2, 0) is 0 Å². The Morgan fingerprint density at radius 2 is 1.67 bits per heavy atom. The van der Waals surface area contributed by atoms with Gasteiger partial charge in [-0.25, -0.2) is 0 Å². The minimum absolute atomic E-state index is 0.476. The Hall–Kier alpha value is -0.260. The predicted octanol–water partition coefficient (Wildman–Crippen LogP) is 3.78. The molecule has 2 bridgehead atoms. The Morgan fingerprint density at radius 3 is 1.83 bits per heavy atom. The molecule has 0 amide bonds. The first-order valence-corrected chi connectivity index (χ1v) is 5.03. The molecule has 2 aliphatic carbocycles. The van der Waals surface area contributed by atoms with Gasteiger partial charge in [0.15, 0.2) is 0 Å². The van der Waals surface area contributed by atoms with Crippen molar-refractivity contribution >= 4 is 0 Å². The van der Waals surface area contributed by atoms with Crippen LogP contribution in [0, 0.1) is 16.2 Å². The molecule has 0 aromatic carbocycles. The minimum Gasteiger partial charge on any atom is -0.0785 e. The lowest BCUT2D eigenvalue weighted by Crippen LogP contribution is -2.34. The number of hydrogen-bond donors (Lipinski definition) is 0. The Bertz CT molecular complexity index is 259. The van der Waals surface area contributed by atoms with Crippen molar-refractivity contribution in [2.24, 2.45) is 16.2 Å². The van der Waals surface area contributed by atoms with Gasteiger partial charge in [0.2, 0.25) is 0 Å². The van der Waals surface area contributed by atoms with Crippen molar-refractivity contribution in [3.05, 3.63) is 11.6 Å². The van der Waals surface area contributed by atoms with Gasteiger partial charge in [0.1, 0.15) is 0 Å². The van der Waals surface area contributed by atoms with Gasteiger partial charge in [-0.3, -0.25) is 0 Å². The molecule has 68 valence electrons. The second kappa shape index (κ2) is 1.81. The number of hydrogen-bond acceptors (Lipinski definition) is 0. The summed E-state index contributed by atoms with van der Waals surface area (Å²) in [5.74, 6) is 0. The van der Waals surface area contributed by atoms with E-state index < -0.39 is 0 Å². The standard InChI is InChI=1S/C12H20/c1-9-8-11(4)6-7-12(9,5)10(11,2)3/h8H,6-7H2,1-5H3/t11-,12+/m0/s1. The Kier molecular flexibility index (Phi) is 1.26. The van der Waals surface area contributed by atoms with Gasteiger partial charge in [-0.1, -0.05) is 39.3 Å². The average Bonchev–Trinajstić information content (AvgIpc) is 2.18. The molecule has 0 heteroatoms. The molecule has 0 N–H and O–H groups in total. The molecule has 0 unspecified atom stereocenters. The third kappa shape index (κ3) is 0.582. The SMILES string of the molecule is CC1=C[C@]2(C)CC[C@@]1(C)C2(C)C. The lowest BCUT2D eigenvalue weighted by Gasteiger charge is -2.40. The van der Waals surface area contributed by atoms with Crippen molar-refractivity contribution in [1.29, 1.82) is 0 Å². The van der Waals surface area contributed by atoms with E-state index in [-0.39, 0.29) is 0 Å². The van der Waals surface area contributed by atoms with Crippen LogP contribution in [0.5, 0.6) is 0 Å². The summed E-state index contributed by atoms with van der Waals surface area (Å²) in [5.41, 5.74) is 3.07. The van der Waals surface area contributed by atoms with Gasteiger partial charge in [-0.2, -0.15) is 0 Å². The lowest BCUT2D eigenvalue weighted by atomic mass is 9.64. The molecule has 0 nitrogen and oxygen atoms in total. The van der Waals surface area contributed by atoms with E-state index in [1.165, 1.54) is 12.8 Å². The van der Waals surface area contributed by atoms with Gasteiger partial charge in [0, 0.05) is 0 Å². The van der Waals surface area contributed by atoms with Gasteiger partial charge >= 0.3 is 0 Å². The molecule has 0 radical (unpaired) electrons. The van der Waals surface area contributed by atoms with E-state index in [2.05, 4.69) is 40.7 Å². The van der Waals surface area contributed by atoms with Crippen LogP contribution >= 0.6 is 0 Å². The molecule has 12 heavy (non-hydrogen) atoms. The molecule has 0 spiro atoms. The van der Waals surface area contributed by atoms with E-state index in [0.29, 0.717) is 16.2 Å². The summed E-state index contributed by atoms with van der Waals surface area (Å²) < 4.78 is 0. The molecule has 0 aromatic rings. The lowest BCUT2D eigenvalue weighted by molar-refractivity contribution is 0.114. The Morgan fingerprint density at radius 1 is 1.08 bits per heavy atom. The third-order valence-electron chi connectivity index (χ3n) is 5.36. The van der Waals surface area contributed by atoms with Crippen molar-refractivity contribution in [3.63, 3.8) is 0 Å². The maximum absolute atomic E-state index is 2.52. The van der Waals surface area contributed by atoms with Crippen LogP contribution in [0.15, 0.2) is 11.6 Å². The van der Waals surface area contributed by atoms with Crippen LogP contribution in [0.3, 0.4) is 0 Å². The van der Waals surface area contributed by atoms with Crippen molar-refractivity contribution in [2.75, 3.05) is 0 Å². The van der Waals surface area contributed by atoms with E-state index in [9.17, 15) is 0 Å². The minimum atomic E-state index is 0.476. The molecule has 0 heterocycles. The Balaban J connectivity index is 2.59. The second-order valence-electron chi connectivity index (χ2n) is 5.70. The third-order valence-corrected chi connectivity index (χ3v) is 5.36. The van der Waals surface area contributed by atoms with E-state index in [4.69, 9.17) is 0 Å². The fourth-order valence-electron chi connectivity index (χ4n) is 3.34. The molecular weight excluding hydrogens is 144 g/mol. The highest BCUT2D eigenvalue weighted by molar-refractivity contribution is 5.34. The van der Waals surface area contributed by atoms with Gasteiger partial charge < -0.3 is 0 Å². The highest BCUT2D eigenvalue weighted by Crippen LogP contribution is 2.70. The van der Waals surface area contributed by atoms with Crippen LogP contribution in [0.2, 0.25) is 0 Å². The molecule has 0 aliphatic heterocycles. The summed E-state index contributed by atoms with van der Waals surface area (Å²) in [6.45, 7) is 12.1. The number of allylic oxidation sites excluding steroid dienone is 2. The van der Waals surface area contributed by atoms with Crippen LogP contribution < -0.4 is 0 Å². The molecule has 1 saturated carbocycles. The molecule has 2 atom stereocenters. The van der Waals surface area contributed by atoms with E-state index in [0.717, 1.165) is 0 Å². The zero-order chi connectivity index (χ0) is 9.20. The Labute approximate surface area is 76.1 Å². The van der Waals surface area contributed by atoms with Crippen molar-refractivity contribution in [1.82, 2.24) is 0 Å². The fraction of sp³-hybridized carbons (Fsp3) is 0.833. The van der Waals surface area contributed by atoms with Crippen molar-refractivity contribution < 1.29 is 0 Å². The van der Waals surface area contributed by atoms with Crippen LogP contribution in [0.4, 0.5) is 0 Å². The van der Waals surface area contributed by atoms with E-state index >= 15 is 0 Å². The maximum atomic E-state index is 2.52. The number of rotatable bonds is 0. The summed E-state index contributed by atoms with van der Waals surface area (Å²) in [6.07, 6.45) is 5.29. The van der Waals surface area contributed by atoms with Crippen LogP contribution in [0.25, 0.3) is 0 Å². The second-order valence-corrected chi connectivity index (χ2v) is 5.70. The summed E-state index contributed by atoms with van der Waals surface area (Å²) in [4.78, 5) is 0. The van der Waals surface area contributed by atoms with Crippen molar-refractivity contribution in [3.8, 4) is 0 Å². The molecule has 2 rings (SSSR count). The van der Waals surface area contributed by atoms with Gasteiger partial charge in [0.05, 0.1) is 0 Å². The maximum Gasteiger partial charge on any atom is -0.00593 e. The average molecular weight is 164 g/mol. The zero-order valence-electron chi connectivity index (χ0n) is 8.99. The smallest absolute Gasteiger partial charge is 0.00593 e. The summed E-state index contributed by atoms with van der Waals surface area (Å²) in [6, 6.07) is 0. The van der Waals surface area contributed by atoms with Gasteiger partial charge in [-0.05, 0) is 36.0 Å². The highest BCUT2D eigenvalue weighted by atomic mass is 14.7. The van der Waals surface area contributed by atoms with Gasteiger partial charge in [-0.15, -0.1) is 0 Å². The first kappa shape index (κ1) is 8.34. The topological polar surface area (TPSA) is 0 Å². The molecule has 0 saturated heterocycles. The molecule has 1 fully saturated rings. The fourth-order valence-corrected chi connectivity index (χ4v) is 3.34. The number of fused-ring (bicyclic) bond motifs is 2.